The lowest BCUT2D eigenvalue weighted by molar-refractivity contribution is -0.114. The molecule has 0 bridgehead atoms. The number of allylic oxidation sites excluding steroid dienone is 2. The van der Waals surface area contributed by atoms with Crippen LogP contribution in [0.25, 0.3) is 5.57 Å². The van der Waals surface area contributed by atoms with Gasteiger partial charge in [0.05, 0.1) is 6.33 Å². The Morgan fingerprint density at radius 1 is 0.970 bits per heavy atom. The topological polar surface area (TPSA) is 34.9 Å². The molecule has 2 aromatic carbocycles. The lowest BCUT2D eigenvalue weighted by atomic mass is 9.64. The molecule has 2 unspecified atom stereocenters. The van der Waals surface area contributed by atoms with Crippen molar-refractivity contribution in [1.82, 2.24) is 9.55 Å². The zero-order chi connectivity index (χ0) is 22.6. The number of rotatable bonds is 7. The number of unbranched alkanes of at least 4 members (excludes halogenated alkanes) is 1. The monoisotopic (exact) mass is 438 g/mol. The van der Waals surface area contributed by atoms with E-state index in [0.717, 1.165) is 25.7 Å². The average molecular weight is 439 g/mol. The molecule has 3 nitrogen and oxygen atoms in total. The second kappa shape index (κ2) is 9.91. The molecular weight excluding hydrogens is 404 g/mol. The number of hydrogen-bond acceptors (Lipinski definition) is 2. The fraction of sp³-hybridized carbons (Fsp3) is 0.400. The highest BCUT2D eigenvalue weighted by Crippen LogP contribution is 2.50. The zero-order valence-electron chi connectivity index (χ0n) is 19.7. The number of carbonyl (C=O) groups is 1. The third kappa shape index (κ3) is 4.88. The van der Waals surface area contributed by atoms with Crippen molar-refractivity contribution in [3.8, 4) is 0 Å². The van der Waals surface area contributed by atoms with Gasteiger partial charge < -0.3 is 4.57 Å². The van der Waals surface area contributed by atoms with Crippen LogP contribution in [-0.4, -0.2) is 15.3 Å². The van der Waals surface area contributed by atoms with Crippen LogP contribution >= 0.6 is 0 Å². The van der Waals surface area contributed by atoms with Gasteiger partial charge in [-0.05, 0) is 97.1 Å². The van der Waals surface area contributed by atoms with Crippen LogP contribution in [0.2, 0.25) is 0 Å². The van der Waals surface area contributed by atoms with Gasteiger partial charge in [-0.3, -0.25) is 4.79 Å². The largest absolute Gasteiger partial charge is 0.338 e. The quantitative estimate of drug-likeness (QED) is 0.396. The molecule has 3 heteroatoms. The first-order chi connectivity index (χ1) is 16.2. The smallest absolute Gasteiger partial charge is 0.156 e. The number of ketones is 1. The van der Waals surface area contributed by atoms with E-state index in [4.69, 9.17) is 0 Å². The van der Waals surface area contributed by atoms with E-state index in [9.17, 15) is 4.79 Å². The van der Waals surface area contributed by atoms with Crippen LogP contribution in [0.4, 0.5) is 0 Å². The summed E-state index contributed by atoms with van der Waals surface area (Å²) in [5, 5.41) is 0. The van der Waals surface area contributed by atoms with Gasteiger partial charge in [0.1, 0.15) is 0 Å². The summed E-state index contributed by atoms with van der Waals surface area (Å²) in [6.07, 6.45) is 15.4. The van der Waals surface area contributed by atoms with E-state index >= 15 is 0 Å². The van der Waals surface area contributed by atoms with Gasteiger partial charge in [0.15, 0.2) is 5.78 Å². The summed E-state index contributed by atoms with van der Waals surface area (Å²) in [6, 6.07) is 18.0. The molecule has 1 heterocycles. The number of benzene rings is 2. The van der Waals surface area contributed by atoms with Gasteiger partial charge in [-0.1, -0.05) is 48.5 Å². The van der Waals surface area contributed by atoms with Gasteiger partial charge in [-0.2, -0.15) is 0 Å². The molecule has 2 aliphatic rings. The fourth-order valence-electron chi connectivity index (χ4n) is 5.61. The van der Waals surface area contributed by atoms with Crippen molar-refractivity contribution in [3.05, 3.63) is 95.1 Å². The van der Waals surface area contributed by atoms with Gasteiger partial charge in [-0.15, -0.1) is 0 Å². The molecule has 0 spiro atoms. The molecule has 1 aromatic heterocycles. The molecule has 1 fully saturated rings. The molecule has 0 amide bonds. The summed E-state index contributed by atoms with van der Waals surface area (Å²) in [7, 11) is 2.07. The van der Waals surface area contributed by atoms with Gasteiger partial charge in [0, 0.05) is 25.4 Å². The highest BCUT2D eigenvalue weighted by atomic mass is 16.1. The maximum absolute atomic E-state index is 12.6. The second-order valence-electron chi connectivity index (χ2n) is 9.82. The lowest BCUT2D eigenvalue weighted by Crippen LogP contribution is -2.26. The fourth-order valence-corrected chi connectivity index (χ4v) is 5.61. The number of aryl methyl sites for hydroxylation is 4. The molecule has 3 aromatic rings. The summed E-state index contributed by atoms with van der Waals surface area (Å²) in [6.45, 7) is 0. The van der Waals surface area contributed by atoms with E-state index in [1.54, 1.807) is 0 Å². The first-order valence-electron chi connectivity index (χ1n) is 12.6. The highest BCUT2D eigenvalue weighted by molar-refractivity contribution is 5.98. The third-order valence-electron chi connectivity index (χ3n) is 7.63. The highest BCUT2D eigenvalue weighted by Gasteiger charge is 2.36. The zero-order valence-corrected chi connectivity index (χ0v) is 19.7. The predicted molar refractivity (Wildman–Crippen MR) is 134 cm³/mol. The van der Waals surface area contributed by atoms with E-state index in [-0.39, 0.29) is 0 Å². The number of carbonyl (C=O) groups excluding carboxylic acids is 1. The maximum Gasteiger partial charge on any atom is 0.156 e. The second-order valence-corrected chi connectivity index (χ2v) is 9.82. The van der Waals surface area contributed by atoms with Crippen LogP contribution in [0, 0.1) is 5.92 Å². The molecule has 170 valence electrons. The van der Waals surface area contributed by atoms with Crippen molar-refractivity contribution >= 4 is 11.4 Å². The van der Waals surface area contributed by atoms with Crippen molar-refractivity contribution in [1.29, 1.82) is 0 Å². The third-order valence-corrected chi connectivity index (χ3v) is 7.63. The van der Waals surface area contributed by atoms with E-state index in [1.165, 1.54) is 59.2 Å². The normalized spacial score (nSPS) is 20.4. The number of aromatic nitrogens is 2. The minimum atomic E-state index is 0.298. The molecule has 33 heavy (non-hydrogen) atoms. The van der Waals surface area contributed by atoms with Crippen LogP contribution in [0.5, 0.6) is 0 Å². The Morgan fingerprint density at radius 2 is 1.82 bits per heavy atom. The summed E-state index contributed by atoms with van der Waals surface area (Å²) >= 11 is 0. The van der Waals surface area contributed by atoms with E-state index < -0.39 is 0 Å². The van der Waals surface area contributed by atoms with Crippen molar-refractivity contribution < 1.29 is 4.79 Å². The van der Waals surface area contributed by atoms with Crippen LogP contribution in [0.15, 0.2) is 67.1 Å². The maximum atomic E-state index is 12.6. The van der Waals surface area contributed by atoms with Crippen molar-refractivity contribution in [2.75, 3.05) is 0 Å². The van der Waals surface area contributed by atoms with Gasteiger partial charge in [0.2, 0.25) is 0 Å². The van der Waals surface area contributed by atoms with E-state index in [0.29, 0.717) is 24.0 Å². The Bertz CT molecular complexity index is 1160. The number of imidazole rings is 1. The molecule has 5 rings (SSSR count). The van der Waals surface area contributed by atoms with E-state index in [2.05, 4.69) is 65.1 Å². The first kappa shape index (κ1) is 21.9. The molecule has 1 saturated carbocycles. The van der Waals surface area contributed by atoms with E-state index in [1.807, 2.05) is 18.6 Å². The summed E-state index contributed by atoms with van der Waals surface area (Å²) in [5.41, 5.74) is 8.20. The van der Waals surface area contributed by atoms with Gasteiger partial charge in [-0.25, -0.2) is 4.98 Å². The van der Waals surface area contributed by atoms with Crippen LogP contribution in [0.3, 0.4) is 0 Å². The number of fused-ring (bicyclic) bond motifs is 1. The summed E-state index contributed by atoms with van der Waals surface area (Å²) in [4.78, 5) is 16.8. The van der Waals surface area contributed by atoms with Crippen LogP contribution in [-0.2, 0) is 31.1 Å². The predicted octanol–water partition coefficient (Wildman–Crippen LogP) is 6.47. The average Bonchev–Trinajstić information content (AvgIpc) is 3.20. The molecule has 0 aliphatic heterocycles. The van der Waals surface area contributed by atoms with Gasteiger partial charge >= 0.3 is 0 Å². The molecule has 0 saturated heterocycles. The Balaban J connectivity index is 1.29. The van der Waals surface area contributed by atoms with Crippen molar-refractivity contribution in [2.24, 2.45) is 13.0 Å². The first-order valence-corrected chi connectivity index (χ1v) is 12.6. The standard InChI is InChI=1S/C30H34N2O/c1-32-21-31-20-25(32)13-4-2-8-22-9-6-12-24(18-22)28-16-17-29(28)30-19-26(33)14-7-11-23-10-3-5-15-27(23)30/h3,5-6,9-10,12,15,18-21,28-29H,2,4,7-8,11,13-14,16-17H2,1H3. The minimum absolute atomic E-state index is 0.298. The molecule has 2 atom stereocenters. The van der Waals surface area contributed by atoms with Crippen LogP contribution < -0.4 is 0 Å². The number of hydrogen-bond donors (Lipinski definition) is 0. The summed E-state index contributed by atoms with van der Waals surface area (Å²) in [5.74, 6) is 1.27. The Morgan fingerprint density at radius 3 is 2.64 bits per heavy atom. The molecule has 2 aliphatic carbocycles. The van der Waals surface area contributed by atoms with Crippen LogP contribution in [0.1, 0.15) is 72.4 Å². The van der Waals surface area contributed by atoms with Crippen molar-refractivity contribution in [3.63, 3.8) is 0 Å². The SMILES string of the molecule is Cn1cncc1CCCCc1cccc(C2CCC2C2=CC(=O)CCCc3ccccc32)c1. The molecular formula is C30H34N2O. The Labute approximate surface area is 197 Å². The molecule has 0 radical (unpaired) electrons. The number of nitrogens with zero attached hydrogens (tertiary/aromatic N) is 2. The summed E-state index contributed by atoms with van der Waals surface area (Å²) < 4.78 is 2.12. The molecule has 0 N–H and O–H groups in total. The Kier molecular flexibility index (Phi) is 6.57. The van der Waals surface area contributed by atoms with Gasteiger partial charge in [0.25, 0.3) is 0 Å². The van der Waals surface area contributed by atoms with Crippen molar-refractivity contribution in [2.45, 2.75) is 63.7 Å². The lowest BCUT2D eigenvalue weighted by Gasteiger charge is -2.40. The minimum Gasteiger partial charge on any atom is -0.338 e. The Hall–Kier alpha value is -2.94.